The second-order valence-corrected chi connectivity index (χ2v) is 14.4. The summed E-state index contributed by atoms with van der Waals surface area (Å²) in [6, 6.07) is 0. The van der Waals surface area contributed by atoms with Crippen molar-refractivity contribution in [3.8, 4) is 0 Å². The van der Waals surface area contributed by atoms with Crippen LogP contribution >= 0.6 is 7.82 Å². The summed E-state index contributed by atoms with van der Waals surface area (Å²) in [6.07, 6.45) is 36.5. The van der Waals surface area contributed by atoms with Crippen molar-refractivity contribution < 1.29 is 47.8 Å². The Morgan fingerprint density at radius 2 is 1.08 bits per heavy atom. The second kappa shape index (κ2) is 36.3. The predicted molar refractivity (Wildman–Crippen MR) is 205 cm³/mol. The third-order valence-corrected chi connectivity index (χ3v) is 8.92. The van der Waals surface area contributed by atoms with Gasteiger partial charge in [0.1, 0.15) is 12.7 Å². The van der Waals surface area contributed by atoms with E-state index < -0.39 is 51.8 Å². The van der Waals surface area contributed by atoms with Crippen molar-refractivity contribution in [2.24, 2.45) is 0 Å². The van der Waals surface area contributed by atoms with E-state index in [0.717, 1.165) is 89.9 Å². The number of carbonyl (C=O) groups excluding carboxylic acids is 2. The molecule has 10 nitrogen and oxygen atoms in total. The molecule has 0 rings (SSSR count). The van der Waals surface area contributed by atoms with E-state index in [1.54, 1.807) is 0 Å². The van der Waals surface area contributed by atoms with Crippen molar-refractivity contribution in [3.63, 3.8) is 0 Å². The maximum Gasteiger partial charge on any atom is 0.472 e. The Morgan fingerprint density at radius 3 is 1.65 bits per heavy atom. The van der Waals surface area contributed by atoms with Crippen LogP contribution in [0.3, 0.4) is 0 Å². The van der Waals surface area contributed by atoms with Gasteiger partial charge in [0.25, 0.3) is 0 Å². The molecule has 0 bridgehead atoms. The van der Waals surface area contributed by atoms with Crippen LogP contribution in [0.2, 0.25) is 0 Å². The third kappa shape index (κ3) is 36.1. The highest BCUT2D eigenvalue weighted by Crippen LogP contribution is 2.43. The van der Waals surface area contributed by atoms with Gasteiger partial charge < -0.3 is 24.6 Å². The second-order valence-electron chi connectivity index (χ2n) is 12.9. The normalized spacial score (nSPS) is 14.5. The predicted octanol–water partition coefficient (Wildman–Crippen LogP) is 9.78. The van der Waals surface area contributed by atoms with Gasteiger partial charge in [-0.05, 0) is 70.6 Å². The van der Waals surface area contributed by atoms with Gasteiger partial charge in [0.05, 0.1) is 19.8 Å². The van der Waals surface area contributed by atoms with E-state index in [9.17, 15) is 24.2 Å². The Kier molecular flexibility index (Phi) is 34.8. The minimum atomic E-state index is -4.62. The molecule has 0 aromatic heterocycles. The molecular formula is C40H71O10P. The first kappa shape index (κ1) is 48.9. The van der Waals surface area contributed by atoms with Crippen LogP contribution in [0.25, 0.3) is 0 Å². The molecule has 0 radical (unpaired) electrons. The molecule has 0 saturated heterocycles. The number of rotatable bonds is 36. The average molecular weight is 743 g/mol. The molecule has 0 aliphatic rings. The number of phosphoric ester groups is 1. The van der Waals surface area contributed by atoms with E-state index in [-0.39, 0.29) is 19.4 Å². The Morgan fingerprint density at radius 1 is 0.608 bits per heavy atom. The molecule has 296 valence electrons. The molecule has 3 N–H and O–H groups in total. The molecule has 0 fully saturated rings. The molecule has 0 spiro atoms. The Bertz CT molecular complexity index is 994. The number of hydrogen-bond donors (Lipinski definition) is 3. The first-order chi connectivity index (χ1) is 24.7. The SMILES string of the molecule is CCC=CCC=CCC=CCCCCCCCC(=O)OCC(COP(=O)(O)OCC(O)CO)OC(=O)CCCCCCCC=CCCCCCC. The molecule has 0 aromatic carbocycles. The lowest BCUT2D eigenvalue weighted by Crippen LogP contribution is -2.29. The largest absolute Gasteiger partial charge is 0.472 e. The van der Waals surface area contributed by atoms with Crippen LogP contribution in [0.15, 0.2) is 48.6 Å². The Labute approximate surface area is 309 Å². The zero-order chi connectivity index (χ0) is 37.7. The average Bonchev–Trinajstić information content (AvgIpc) is 3.12. The maximum absolute atomic E-state index is 12.5. The highest BCUT2D eigenvalue weighted by Gasteiger charge is 2.27. The smallest absolute Gasteiger partial charge is 0.462 e. The van der Waals surface area contributed by atoms with Crippen molar-refractivity contribution in [1.82, 2.24) is 0 Å². The molecule has 0 heterocycles. The van der Waals surface area contributed by atoms with Gasteiger partial charge in [0, 0.05) is 12.8 Å². The summed E-state index contributed by atoms with van der Waals surface area (Å²) in [5, 5.41) is 18.3. The molecular weight excluding hydrogens is 671 g/mol. The van der Waals surface area contributed by atoms with Crippen LogP contribution in [-0.4, -0.2) is 65.7 Å². The van der Waals surface area contributed by atoms with Gasteiger partial charge in [-0.25, -0.2) is 4.57 Å². The quantitative estimate of drug-likeness (QED) is 0.0245. The monoisotopic (exact) mass is 742 g/mol. The summed E-state index contributed by atoms with van der Waals surface area (Å²) in [5.41, 5.74) is 0. The lowest BCUT2D eigenvalue weighted by molar-refractivity contribution is -0.161. The summed E-state index contributed by atoms with van der Waals surface area (Å²) in [6.45, 7) is 2.20. The number of allylic oxidation sites excluding steroid dienone is 8. The molecule has 3 atom stereocenters. The fourth-order valence-electron chi connectivity index (χ4n) is 4.94. The van der Waals surface area contributed by atoms with E-state index in [1.165, 1.54) is 25.7 Å². The Balaban J connectivity index is 4.40. The van der Waals surface area contributed by atoms with E-state index in [4.69, 9.17) is 19.1 Å². The lowest BCUT2D eigenvalue weighted by Gasteiger charge is -2.20. The summed E-state index contributed by atoms with van der Waals surface area (Å²) < 4.78 is 32.6. The number of carbonyl (C=O) groups is 2. The topological polar surface area (TPSA) is 149 Å². The van der Waals surface area contributed by atoms with Crippen LogP contribution in [0.5, 0.6) is 0 Å². The third-order valence-electron chi connectivity index (χ3n) is 7.97. The molecule has 0 aliphatic heterocycles. The minimum Gasteiger partial charge on any atom is -0.462 e. The zero-order valence-corrected chi connectivity index (χ0v) is 32.7. The summed E-state index contributed by atoms with van der Waals surface area (Å²) in [7, 11) is -4.62. The van der Waals surface area contributed by atoms with Crippen LogP contribution in [0, 0.1) is 0 Å². The standard InChI is InChI=1S/C40H71O10P/c1-3-5-7-9-11-13-15-17-18-20-21-23-25-27-29-31-39(43)47-35-38(36-49-51(45,46)48-34-37(42)33-41)50-40(44)32-30-28-26-24-22-19-16-14-12-10-8-6-4-2/h5,7,11,13-14,16-18,37-38,41-42H,3-4,6,8-10,12,15,19-36H2,1-2H3,(H,45,46). The maximum atomic E-state index is 12.5. The van der Waals surface area contributed by atoms with Crippen LogP contribution in [-0.2, 0) is 32.7 Å². The summed E-state index contributed by atoms with van der Waals surface area (Å²) in [4.78, 5) is 34.8. The van der Waals surface area contributed by atoms with Gasteiger partial charge in [-0.15, -0.1) is 0 Å². The van der Waals surface area contributed by atoms with Gasteiger partial charge in [-0.1, -0.05) is 120 Å². The number of aliphatic hydroxyl groups excluding tert-OH is 2. The van der Waals surface area contributed by atoms with Crippen molar-refractivity contribution in [3.05, 3.63) is 48.6 Å². The van der Waals surface area contributed by atoms with Gasteiger partial charge >= 0.3 is 19.8 Å². The molecule has 0 saturated carbocycles. The molecule has 3 unspecified atom stereocenters. The molecule has 0 aromatic rings. The fourth-order valence-corrected chi connectivity index (χ4v) is 5.73. The first-order valence-electron chi connectivity index (χ1n) is 19.6. The number of aliphatic hydroxyl groups is 2. The van der Waals surface area contributed by atoms with Crippen LogP contribution < -0.4 is 0 Å². The van der Waals surface area contributed by atoms with Gasteiger partial charge in [0.2, 0.25) is 0 Å². The molecule has 0 aliphatic carbocycles. The molecule has 0 amide bonds. The molecule has 51 heavy (non-hydrogen) atoms. The van der Waals surface area contributed by atoms with Gasteiger partial charge in [0.15, 0.2) is 6.10 Å². The number of ether oxygens (including phenoxy) is 2. The van der Waals surface area contributed by atoms with Gasteiger partial charge in [-0.2, -0.15) is 0 Å². The molecule has 11 heteroatoms. The highest BCUT2D eigenvalue weighted by molar-refractivity contribution is 7.47. The number of hydrogen-bond acceptors (Lipinski definition) is 9. The fraction of sp³-hybridized carbons (Fsp3) is 0.750. The number of esters is 2. The summed E-state index contributed by atoms with van der Waals surface area (Å²) >= 11 is 0. The van der Waals surface area contributed by atoms with Crippen molar-refractivity contribution in [2.75, 3.05) is 26.4 Å². The van der Waals surface area contributed by atoms with E-state index in [2.05, 4.69) is 67.0 Å². The van der Waals surface area contributed by atoms with Crippen molar-refractivity contribution in [1.29, 1.82) is 0 Å². The zero-order valence-electron chi connectivity index (χ0n) is 31.8. The van der Waals surface area contributed by atoms with Crippen molar-refractivity contribution >= 4 is 19.8 Å². The van der Waals surface area contributed by atoms with E-state index >= 15 is 0 Å². The number of phosphoric acid groups is 1. The summed E-state index contributed by atoms with van der Waals surface area (Å²) in [5.74, 6) is -0.959. The van der Waals surface area contributed by atoms with Crippen molar-refractivity contribution in [2.45, 2.75) is 167 Å². The number of unbranched alkanes of at least 4 members (excludes halogenated alkanes) is 14. The minimum absolute atomic E-state index is 0.169. The van der Waals surface area contributed by atoms with E-state index in [1.807, 2.05) is 0 Å². The van der Waals surface area contributed by atoms with E-state index in [0.29, 0.717) is 12.8 Å². The lowest BCUT2D eigenvalue weighted by atomic mass is 10.1. The van der Waals surface area contributed by atoms with Crippen LogP contribution in [0.4, 0.5) is 0 Å². The van der Waals surface area contributed by atoms with Crippen LogP contribution in [0.1, 0.15) is 155 Å². The first-order valence-corrected chi connectivity index (χ1v) is 21.1. The highest BCUT2D eigenvalue weighted by atomic mass is 31.2. The Hall–Kier alpha value is -2.07. The van der Waals surface area contributed by atoms with Gasteiger partial charge in [-0.3, -0.25) is 18.6 Å².